The minimum atomic E-state index is 0.639. The molecule has 1 aliphatic rings. The number of methoxy groups -OCH3 is 2. The summed E-state index contributed by atoms with van der Waals surface area (Å²) in [5, 5.41) is 3.41. The van der Waals surface area contributed by atoms with E-state index >= 15 is 0 Å². The molecule has 6 heteroatoms. The van der Waals surface area contributed by atoms with Crippen molar-refractivity contribution in [2.45, 2.75) is 26.2 Å². The summed E-state index contributed by atoms with van der Waals surface area (Å²) < 4.78 is 16.7. The predicted molar refractivity (Wildman–Crippen MR) is 96.6 cm³/mol. The molecule has 0 unspecified atom stereocenters. The molecule has 1 aliphatic heterocycles. The average Bonchev–Trinajstić information content (AvgIpc) is 2.61. The van der Waals surface area contributed by atoms with Crippen LogP contribution >= 0.6 is 0 Å². The van der Waals surface area contributed by atoms with Crippen molar-refractivity contribution in [1.82, 2.24) is 10.2 Å². The molecule has 0 aromatic heterocycles. The summed E-state index contributed by atoms with van der Waals surface area (Å²) in [5.74, 6) is 3.08. The number of guanidine groups is 1. The van der Waals surface area contributed by atoms with Gasteiger partial charge in [-0.1, -0.05) is 6.92 Å². The van der Waals surface area contributed by atoms with Gasteiger partial charge in [0.1, 0.15) is 0 Å². The molecule has 0 saturated carbocycles. The van der Waals surface area contributed by atoms with Gasteiger partial charge in [-0.3, -0.25) is 4.99 Å². The van der Waals surface area contributed by atoms with Crippen molar-refractivity contribution in [3.05, 3.63) is 17.7 Å². The highest BCUT2D eigenvalue weighted by molar-refractivity contribution is 5.80. The SMILES string of the molecule is CCCOc1c(OC)cc(CCNC2=NCCCN2C)cc1OC. The zero-order chi connectivity index (χ0) is 17.4. The third kappa shape index (κ3) is 4.69. The van der Waals surface area contributed by atoms with Crippen LogP contribution in [-0.2, 0) is 6.42 Å². The Morgan fingerprint density at radius 2 is 1.92 bits per heavy atom. The summed E-state index contributed by atoms with van der Waals surface area (Å²) in [6.07, 6.45) is 2.91. The third-order valence-corrected chi connectivity index (χ3v) is 3.94. The minimum Gasteiger partial charge on any atom is -0.493 e. The predicted octanol–water partition coefficient (Wildman–Crippen LogP) is 2.32. The maximum absolute atomic E-state index is 5.78. The Morgan fingerprint density at radius 3 is 2.50 bits per heavy atom. The molecule has 6 nitrogen and oxygen atoms in total. The van der Waals surface area contributed by atoms with Crippen molar-refractivity contribution >= 4 is 5.96 Å². The molecule has 0 saturated heterocycles. The summed E-state index contributed by atoms with van der Waals surface area (Å²) in [6, 6.07) is 4.03. The molecule has 24 heavy (non-hydrogen) atoms. The van der Waals surface area contributed by atoms with Crippen molar-refractivity contribution < 1.29 is 14.2 Å². The lowest BCUT2D eigenvalue weighted by Crippen LogP contribution is -2.42. The van der Waals surface area contributed by atoms with Gasteiger partial charge in [0.25, 0.3) is 0 Å². The molecule has 1 aromatic carbocycles. The maximum Gasteiger partial charge on any atom is 0.203 e. The van der Waals surface area contributed by atoms with Crippen LogP contribution in [0.4, 0.5) is 0 Å². The number of rotatable bonds is 8. The first-order chi connectivity index (χ1) is 11.7. The van der Waals surface area contributed by atoms with Crippen LogP contribution < -0.4 is 19.5 Å². The van der Waals surface area contributed by atoms with Crippen LogP contribution in [0.2, 0.25) is 0 Å². The Hall–Kier alpha value is -2.11. The largest absolute Gasteiger partial charge is 0.493 e. The molecule has 0 atom stereocenters. The summed E-state index contributed by atoms with van der Waals surface area (Å²) in [5.41, 5.74) is 1.14. The van der Waals surface area contributed by atoms with E-state index in [1.54, 1.807) is 14.2 Å². The summed E-state index contributed by atoms with van der Waals surface area (Å²) >= 11 is 0. The van der Waals surface area contributed by atoms with Crippen LogP contribution in [0.1, 0.15) is 25.3 Å². The highest BCUT2D eigenvalue weighted by Gasteiger charge is 2.15. The second-order valence-electron chi connectivity index (χ2n) is 5.84. The van der Waals surface area contributed by atoms with Gasteiger partial charge in [0.05, 0.1) is 20.8 Å². The fraction of sp³-hybridized carbons (Fsp3) is 0.611. The van der Waals surface area contributed by atoms with Crippen molar-refractivity contribution in [2.75, 3.05) is 47.5 Å². The van der Waals surface area contributed by atoms with E-state index in [1.165, 1.54) is 0 Å². The van der Waals surface area contributed by atoms with Gasteiger partial charge in [-0.2, -0.15) is 0 Å². The van der Waals surface area contributed by atoms with E-state index in [1.807, 2.05) is 12.1 Å². The van der Waals surface area contributed by atoms with E-state index < -0.39 is 0 Å². The topological polar surface area (TPSA) is 55.3 Å². The third-order valence-electron chi connectivity index (χ3n) is 3.94. The van der Waals surface area contributed by atoms with Gasteiger partial charge in [0, 0.05) is 26.7 Å². The van der Waals surface area contributed by atoms with Crippen LogP contribution in [0.3, 0.4) is 0 Å². The van der Waals surface area contributed by atoms with E-state index in [0.717, 1.165) is 50.4 Å². The second kappa shape index (κ2) is 9.25. The van der Waals surface area contributed by atoms with Crippen LogP contribution in [0.5, 0.6) is 17.2 Å². The van der Waals surface area contributed by atoms with Gasteiger partial charge < -0.3 is 24.4 Å². The van der Waals surface area contributed by atoms with Gasteiger partial charge >= 0.3 is 0 Å². The lowest BCUT2D eigenvalue weighted by atomic mass is 10.1. The first-order valence-corrected chi connectivity index (χ1v) is 8.56. The number of aliphatic imine (C=N–C) groups is 1. The van der Waals surface area contributed by atoms with Crippen LogP contribution in [0.25, 0.3) is 0 Å². The number of hydrogen-bond donors (Lipinski definition) is 1. The smallest absolute Gasteiger partial charge is 0.203 e. The fourth-order valence-electron chi connectivity index (χ4n) is 2.65. The Balaban J connectivity index is 2.03. The fourth-order valence-corrected chi connectivity index (χ4v) is 2.65. The molecular weight excluding hydrogens is 306 g/mol. The van der Waals surface area contributed by atoms with E-state index in [9.17, 15) is 0 Å². The van der Waals surface area contributed by atoms with E-state index in [2.05, 4.69) is 29.2 Å². The molecule has 2 rings (SSSR count). The van der Waals surface area contributed by atoms with Gasteiger partial charge in [0.15, 0.2) is 17.5 Å². The number of nitrogens with zero attached hydrogens (tertiary/aromatic N) is 2. The van der Waals surface area contributed by atoms with Crippen LogP contribution in [-0.4, -0.2) is 58.4 Å². The zero-order valence-electron chi connectivity index (χ0n) is 15.2. The van der Waals surface area contributed by atoms with Gasteiger partial charge in [-0.25, -0.2) is 0 Å². The normalized spacial score (nSPS) is 14.2. The monoisotopic (exact) mass is 335 g/mol. The van der Waals surface area contributed by atoms with Crippen LogP contribution in [0.15, 0.2) is 17.1 Å². The first kappa shape index (κ1) is 18.2. The number of hydrogen-bond acceptors (Lipinski definition) is 6. The standard InChI is InChI=1S/C18H29N3O3/c1-5-11-24-17-15(22-3)12-14(13-16(17)23-4)7-9-20-18-19-8-6-10-21(18)2/h12-13H,5-11H2,1-4H3,(H,19,20). The Labute approximate surface area is 144 Å². The Kier molecular flexibility index (Phi) is 7.03. The molecule has 134 valence electrons. The lowest BCUT2D eigenvalue weighted by molar-refractivity contribution is 0.274. The van der Waals surface area contributed by atoms with Crippen molar-refractivity contribution in [1.29, 1.82) is 0 Å². The molecule has 0 radical (unpaired) electrons. The second-order valence-corrected chi connectivity index (χ2v) is 5.84. The number of benzene rings is 1. The van der Waals surface area contributed by atoms with Crippen molar-refractivity contribution in [3.8, 4) is 17.2 Å². The minimum absolute atomic E-state index is 0.639. The highest BCUT2D eigenvalue weighted by atomic mass is 16.5. The molecule has 1 aromatic rings. The molecule has 0 fully saturated rings. The maximum atomic E-state index is 5.78. The van der Waals surface area contributed by atoms with Crippen molar-refractivity contribution in [2.24, 2.45) is 4.99 Å². The van der Waals surface area contributed by atoms with E-state index in [0.29, 0.717) is 23.9 Å². The van der Waals surface area contributed by atoms with Crippen molar-refractivity contribution in [3.63, 3.8) is 0 Å². The Bertz CT molecular complexity index is 535. The molecule has 0 bridgehead atoms. The highest BCUT2D eigenvalue weighted by Crippen LogP contribution is 2.38. The molecule has 0 spiro atoms. The summed E-state index contributed by atoms with van der Waals surface area (Å²) in [6.45, 7) is 5.48. The molecule has 1 N–H and O–H groups in total. The van der Waals surface area contributed by atoms with Gasteiger partial charge in [0.2, 0.25) is 5.75 Å². The summed E-state index contributed by atoms with van der Waals surface area (Å²) in [4.78, 5) is 6.68. The van der Waals surface area contributed by atoms with E-state index in [-0.39, 0.29) is 0 Å². The molecule has 0 aliphatic carbocycles. The lowest BCUT2D eigenvalue weighted by Gasteiger charge is -2.25. The number of nitrogens with one attached hydrogen (secondary N) is 1. The summed E-state index contributed by atoms with van der Waals surface area (Å²) in [7, 11) is 5.37. The van der Waals surface area contributed by atoms with Gasteiger partial charge in [-0.15, -0.1) is 0 Å². The molecular formula is C18H29N3O3. The number of ether oxygens (including phenoxy) is 3. The average molecular weight is 335 g/mol. The Morgan fingerprint density at radius 1 is 1.21 bits per heavy atom. The zero-order valence-corrected chi connectivity index (χ0v) is 15.2. The molecule has 1 heterocycles. The van der Waals surface area contributed by atoms with E-state index in [4.69, 9.17) is 14.2 Å². The quantitative estimate of drug-likeness (QED) is 0.790. The molecule has 0 amide bonds. The van der Waals surface area contributed by atoms with Crippen LogP contribution in [0, 0.1) is 0 Å². The first-order valence-electron chi connectivity index (χ1n) is 8.56. The van der Waals surface area contributed by atoms with Gasteiger partial charge in [-0.05, 0) is 37.0 Å².